The molecule has 1 fully saturated rings. The van der Waals surface area contributed by atoms with Gasteiger partial charge in [0.2, 0.25) is 5.91 Å². The highest BCUT2D eigenvalue weighted by Crippen LogP contribution is 2.36. The molecule has 1 aromatic heterocycles. The SMILES string of the molecule is Cn1cc(CN)c(NC(=O)C2(C)CCCCC2)n1. The molecule has 18 heavy (non-hydrogen) atoms. The molecule has 0 aliphatic heterocycles. The number of aromatic nitrogens is 2. The van der Waals surface area contributed by atoms with Crippen molar-refractivity contribution < 1.29 is 4.79 Å². The minimum absolute atomic E-state index is 0.0793. The van der Waals surface area contributed by atoms with Gasteiger partial charge < -0.3 is 11.1 Å². The zero-order chi connectivity index (χ0) is 13.2. The van der Waals surface area contributed by atoms with Crippen LogP contribution in [0.3, 0.4) is 0 Å². The Kier molecular flexibility index (Phi) is 3.71. The van der Waals surface area contributed by atoms with Crippen LogP contribution in [0, 0.1) is 5.41 Å². The molecule has 5 nitrogen and oxygen atoms in total. The summed E-state index contributed by atoms with van der Waals surface area (Å²) in [5.41, 5.74) is 6.28. The van der Waals surface area contributed by atoms with Gasteiger partial charge in [-0.15, -0.1) is 0 Å². The molecule has 0 bridgehead atoms. The molecule has 100 valence electrons. The predicted molar refractivity (Wildman–Crippen MR) is 70.9 cm³/mol. The highest BCUT2D eigenvalue weighted by molar-refractivity contribution is 5.94. The molecule has 0 spiro atoms. The number of nitrogens with zero attached hydrogens (tertiary/aromatic N) is 2. The lowest BCUT2D eigenvalue weighted by atomic mass is 9.75. The molecular weight excluding hydrogens is 228 g/mol. The summed E-state index contributed by atoms with van der Waals surface area (Å²) >= 11 is 0. The van der Waals surface area contributed by atoms with Crippen molar-refractivity contribution >= 4 is 11.7 Å². The first kappa shape index (κ1) is 13.1. The van der Waals surface area contributed by atoms with Gasteiger partial charge in [0.25, 0.3) is 0 Å². The smallest absolute Gasteiger partial charge is 0.231 e. The van der Waals surface area contributed by atoms with Gasteiger partial charge in [0.05, 0.1) is 0 Å². The number of nitrogens with two attached hydrogens (primary N) is 1. The third-order valence-electron chi connectivity index (χ3n) is 3.86. The van der Waals surface area contributed by atoms with Crippen molar-refractivity contribution in [3.63, 3.8) is 0 Å². The zero-order valence-electron chi connectivity index (χ0n) is 11.2. The van der Waals surface area contributed by atoms with Crippen molar-refractivity contribution in [3.8, 4) is 0 Å². The van der Waals surface area contributed by atoms with Gasteiger partial charge >= 0.3 is 0 Å². The minimum Gasteiger partial charge on any atom is -0.326 e. The van der Waals surface area contributed by atoms with Crippen molar-refractivity contribution in [2.45, 2.75) is 45.6 Å². The number of nitrogens with one attached hydrogen (secondary N) is 1. The molecule has 1 aliphatic rings. The Bertz CT molecular complexity index is 432. The fourth-order valence-electron chi connectivity index (χ4n) is 2.61. The normalized spacial score (nSPS) is 18.6. The molecule has 1 heterocycles. The number of hydrogen-bond acceptors (Lipinski definition) is 3. The molecule has 1 amide bonds. The predicted octanol–water partition coefficient (Wildman–Crippen LogP) is 1.79. The van der Waals surface area contributed by atoms with E-state index in [0.717, 1.165) is 31.2 Å². The molecule has 3 N–H and O–H groups in total. The summed E-state index contributed by atoms with van der Waals surface area (Å²) in [5.74, 6) is 0.687. The van der Waals surface area contributed by atoms with Crippen molar-refractivity contribution in [3.05, 3.63) is 11.8 Å². The van der Waals surface area contributed by atoms with E-state index in [4.69, 9.17) is 5.73 Å². The van der Waals surface area contributed by atoms with Crippen LogP contribution < -0.4 is 11.1 Å². The number of carbonyl (C=O) groups excluding carboxylic acids is 1. The minimum atomic E-state index is -0.248. The van der Waals surface area contributed by atoms with E-state index in [1.807, 2.05) is 20.2 Å². The molecule has 2 rings (SSSR count). The lowest BCUT2D eigenvalue weighted by Crippen LogP contribution is -2.35. The summed E-state index contributed by atoms with van der Waals surface area (Å²) in [6, 6.07) is 0. The Morgan fingerprint density at radius 1 is 1.50 bits per heavy atom. The highest BCUT2D eigenvalue weighted by Gasteiger charge is 2.35. The molecule has 0 saturated heterocycles. The third kappa shape index (κ3) is 2.56. The van der Waals surface area contributed by atoms with Gasteiger partial charge in [-0.05, 0) is 12.8 Å². The lowest BCUT2D eigenvalue weighted by Gasteiger charge is -2.31. The van der Waals surface area contributed by atoms with Crippen molar-refractivity contribution in [2.75, 3.05) is 5.32 Å². The van der Waals surface area contributed by atoms with E-state index in [9.17, 15) is 4.79 Å². The molecule has 0 radical (unpaired) electrons. The van der Waals surface area contributed by atoms with E-state index >= 15 is 0 Å². The quantitative estimate of drug-likeness (QED) is 0.859. The number of carbonyl (C=O) groups is 1. The van der Waals surface area contributed by atoms with Crippen molar-refractivity contribution in [2.24, 2.45) is 18.2 Å². The monoisotopic (exact) mass is 250 g/mol. The summed E-state index contributed by atoms with van der Waals surface area (Å²) in [5, 5.41) is 7.19. The van der Waals surface area contributed by atoms with Gasteiger partial charge in [-0.1, -0.05) is 26.2 Å². The third-order valence-corrected chi connectivity index (χ3v) is 3.86. The number of rotatable bonds is 3. The first-order valence-electron chi connectivity index (χ1n) is 6.59. The maximum absolute atomic E-state index is 12.4. The second-order valence-electron chi connectivity index (χ2n) is 5.46. The van der Waals surface area contributed by atoms with Crippen LogP contribution in [0.4, 0.5) is 5.82 Å². The Hall–Kier alpha value is -1.36. The standard InChI is InChI=1S/C13H22N4O/c1-13(6-4-3-5-7-13)12(18)15-11-10(8-14)9-17(2)16-11/h9H,3-8,14H2,1-2H3,(H,15,16,18). The maximum atomic E-state index is 12.4. The first-order valence-corrected chi connectivity index (χ1v) is 6.59. The van der Waals surface area contributed by atoms with Crippen LogP contribution in [0.2, 0.25) is 0 Å². The van der Waals surface area contributed by atoms with Gasteiger partial charge in [-0.25, -0.2) is 0 Å². The molecule has 5 heteroatoms. The molecule has 0 unspecified atom stereocenters. The zero-order valence-corrected chi connectivity index (χ0v) is 11.2. The maximum Gasteiger partial charge on any atom is 0.231 e. The summed E-state index contributed by atoms with van der Waals surface area (Å²) in [6.45, 7) is 2.44. The largest absolute Gasteiger partial charge is 0.326 e. The van der Waals surface area contributed by atoms with Gasteiger partial charge in [0.1, 0.15) is 0 Å². The average Bonchev–Trinajstić information content (AvgIpc) is 2.70. The van der Waals surface area contributed by atoms with Crippen LogP contribution in [0.15, 0.2) is 6.20 Å². The van der Waals surface area contributed by atoms with E-state index in [1.165, 1.54) is 6.42 Å². The Morgan fingerprint density at radius 3 is 2.78 bits per heavy atom. The summed E-state index contributed by atoms with van der Waals surface area (Å²) < 4.78 is 1.68. The van der Waals surface area contributed by atoms with Crippen LogP contribution in [-0.2, 0) is 18.4 Å². The van der Waals surface area contributed by atoms with Gasteiger partial charge in [0.15, 0.2) is 5.82 Å². The van der Waals surface area contributed by atoms with E-state index in [-0.39, 0.29) is 11.3 Å². The lowest BCUT2D eigenvalue weighted by molar-refractivity contribution is -0.126. The molecule has 0 atom stereocenters. The molecule has 1 aromatic rings. The first-order chi connectivity index (χ1) is 8.55. The highest BCUT2D eigenvalue weighted by atomic mass is 16.2. The van der Waals surface area contributed by atoms with Gasteiger partial charge in [-0.2, -0.15) is 5.10 Å². The van der Waals surface area contributed by atoms with Crippen molar-refractivity contribution in [1.29, 1.82) is 0 Å². The molecule has 1 saturated carbocycles. The van der Waals surface area contributed by atoms with E-state index in [1.54, 1.807) is 4.68 Å². The number of amides is 1. The number of aryl methyl sites for hydroxylation is 1. The van der Waals surface area contributed by atoms with Crippen LogP contribution in [0.5, 0.6) is 0 Å². The Morgan fingerprint density at radius 2 is 2.17 bits per heavy atom. The van der Waals surface area contributed by atoms with Gasteiger partial charge in [0, 0.05) is 30.8 Å². The second kappa shape index (κ2) is 5.10. The summed E-state index contributed by atoms with van der Waals surface area (Å²) in [6.07, 6.45) is 7.28. The summed E-state index contributed by atoms with van der Waals surface area (Å²) in [4.78, 5) is 12.4. The number of anilines is 1. The van der Waals surface area contributed by atoms with Crippen LogP contribution in [-0.4, -0.2) is 15.7 Å². The molecular formula is C13H22N4O. The topological polar surface area (TPSA) is 72.9 Å². The fourth-order valence-corrected chi connectivity index (χ4v) is 2.61. The summed E-state index contributed by atoms with van der Waals surface area (Å²) in [7, 11) is 1.83. The average molecular weight is 250 g/mol. The van der Waals surface area contributed by atoms with E-state index in [0.29, 0.717) is 12.4 Å². The molecule has 1 aliphatic carbocycles. The Balaban J connectivity index is 2.10. The Labute approximate surface area is 108 Å². The van der Waals surface area contributed by atoms with Crippen LogP contribution >= 0.6 is 0 Å². The van der Waals surface area contributed by atoms with Gasteiger partial charge in [-0.3, -0.25) is 9.48 Å². The molecule has 0 aromatic carbocycles. The van der Waals surface area contributed by atoms with Crippen LogP contribution in [0.25, 0.3) is 0 Å². The number of hydrogen-bond donors (Lipinski definition) is 2. The van der Waals surface area contributed by atoms with Crippen molar-refractivity contribution in [1.82, 2.24) is 9.78 Å². The van der Waals surface area contributed by atoms with E-state index < -0.39 is 0 Å². The second-order valence-corrected chi connectivity index (χ2v) is 5.46. The fraction of sp³-hybridized carbons (Fsp3) is 0.692. The van der Waals surface area contributed by atoms with E-state index in [2.05, 4.69) is 10.4 Å². The van der Waals surface area contributed by atoms with Crippen LogP contribution in [0.1, 0.15) is 44.6 Å².